The number of aryl methyl sites for hydroxylation is 1. The first kappa shape index (κ1) is 24.5. The van der Waals surface area contributed by atoms with Crippen LogP contribution in [0.4, 0.5) is 0 Å². The lowest BCUT2D eigenvalue weighted by atomic mass is 10.1. The van der Waals surface area contributed by atoms with Gasteiger partial charge in [-0.1, -0.05) is 13.8 Å². The second kappa shape index (κ2) is 9.01. The summed E-state index contributed by atoms with van der Waals surface area (Å²) in [6.45, 7) is 9.29. The molecule has 0 aliphatic heterocycles. The van der Waals surface area contributed by atoms with Crippen molar-refractivity contribution in [2.45, 2.75) is 65.6 Å². The van der Waals surface area contributed by atoms with Gasteiger partial charge in [-0.05, 0) is 45.6 Å². The van der Waals surface area contributed by atoms with Gasteiger partial charge >= 0.3 is 0 Å². The molecule has 0 saturated heterocycles. The highest BCUT2D eigenvalue weighted by Gasteiger charge is 2.30. The zero-order valence-corrected chi connectivity index (χ0v) is 20.0. The zero-order chi connectivity index (χ0) is 24.7. The summed E-state index contributed by atoms with van der Waals surface area (Å²) < 4.78 is 2.61. The molecule has 1 saturated carbocycles. The smallest absolute Gasteiger partial charge is 0.291 e. The van der Waals surface area contributed by atoms with E-state index in [2.05, 4.69) is 10.4 Å². The molecule has 3 N–H and O–H groups in total. The van der Waals surface area contributed by atoms with Crippen molar-refractivity contribution in [3.8, 4) is 5.88 Å². The Balaban J connectivity index is 2.11. The summed E-state index contributed by atoms with van der Waals surface area (Å²) in [4.78, 5) is 39.8. The first-order chi connectivity index (χ1) is 15.3. The predicted octanol–water partition coefficient (Wildman–Crippen LogP) is 1.30. The zero-order valence-electron chi connectivity index (χ0n) is 20.0. The lowest BCUT2D eigenvalue weighted by Gasteiger charge is -2.24. The molecule has 0 aromatic carbocycles. The molecule has 2 heterocycles. The molecular formula is C23H33N5O5. The van der Waals surface area contributed by atoms with Gasteiger partial charge in [-0.3, -0.25) is 19.0 Å². The van der Waals surface area contributed by atoms with Crippen molar-refractivity contribution < 1.29 is 19.8 Å². The second-order valence-corrected chi connectivity index (χ2v) is 9.83. The van der Waals surface area contributed by atoms with Crippen molar-refractivity contribution in [3.05, 3.63) is 33.3 Å². The summed E-state index contributed by atoms with van der Waals surface area (Å²) >= 11 is 0. The minimum Gasteiger partial charge on any atom is -0.494 e. The highest BCUT2D eigenvalue weighted by atomic mass is 16.3. The molecule has 1 aliphatic rings. The molecule has 2 aromatic heterocycles. The summed E-state index contributed by atoms with van der Waals surface area (Å²) in [5.41, 5.74) is -0.830. The summed E-state index contributed by atoms with van der Waals surface area (Å²) in [6, 6.07) is 0.0234. The Labute approximate surface area is 192 Å². The van der Waals surface area contributed by atoms with Gasteiger partial charge in [-0.2, -0.15) is 9.61 Å². The third-order valence-electron chi connectivity index (χ3n) is 5.30. The van der Waals surface area contributed by atoms with Crippen molar-refractivity contribution in [1.82, 2.24) is 24.4 Å². The Morgan fingerprint density at radius 1 is 1.33 bits per heavy atom. The lowest BCUT2D eigenvalue weighted by molar-refractivity contribution is -0.127. The predicted molar refractivity (Wildman–Crippen MR) is 124 cm³/mol. The van der Waals surface area contributed by atoms with Gasteiger partial charge in [0, 0.05) is 37.8 Å². The van der Waals surface area contributed by atoms with E-state index in [9.17, 15) is 24.6 Å². The Morgan fingerprint density at radius 2 is 1.97 bits per heavy atom. The van der Waals surface area contributed by atoms with Crippen LogP contribution in [0, 0.1) is 12.8 Å². The van der Waals surface area contributed by atoms with Gasteiger partial charge in [-0.15, -0.1) is 0 Å². The van der Waals surface area contributed by atoms with E-state index in [1.54, 1.807) is 33.9 Å². The highest BCUT2D eigenvalue weighted by molar-refractivity contribution is 5.97. The van der Waals surface area contributed by atoms with Gasteiger partial charge < -0.3 is 20.4 Å². The number of carbonyl (C=O) groups excluding carboxylic acids is 2. The van der Waals surface area contributed by atoms with E-state index in [-0.39, 0.29) is 30.0 Å². The van der Waals surface area contributed by atoms with Crippen LogP contribution in [0.15, 0.2) is 10.9 Å². The average Bonchev–Trinajstić information content (AvgIpc) is 3.42. The fourth-order valence-electron chi connectivity index (χ4n) is 3.72. The maximum atomic E-state index is 13.1. The van der Waals surface area contributed by atoms with Crippen LogP contribution >= 0.6 is 0 Å². The molecule has 180 valence electrons. The molecule has 3 rings (SSSR count). The summed E-state index contributed by atoms with van der Waals surface area (Å²) in [7, 11) is 1.58. The summed E-state index contributed by atoms with van der Waals surface area (Å²) in [6.07, 6.45) is 4.58. The van der Waals surface area contributed by atoms with E-state index in [0.717, 1.165) is 17.4 Å². The number of aliphatic hydroxyl groups is 1. The van der Waals surface area contributed by atoms with E-state index >= 15 is 0 Å². The molecule has 2 amide bonds. The van der Waals surface area contributed by atoms with Crippen LogP contribution in [0.5, 0.6) is 5.88 Å². The van der Waals surface area contributed by atoms with Crippen LogP contribution < -0.4 is 10.9 Å². The Kier molecular flexibility index (Phi) is 6.69. The quantitative estimate of drug-likeness (QED) is 0.511. The van der Waals surface area contributed by atoms with Crippen molar-refractivity contribution in [3.63, 3.8) is 0 Å². The highest BCUT2D eigenvalue weighted by Crippen LogP contribution is 2.26. The van der Waals surface area contributed by atoms with Crippen LogP contribution in [0.25, 0.3) is 11.7 Å². The average molecular weight is 460 g/mol. The SMILES string of the molecule is Cc1nn2c(=O)c(C(=O)NC3CC3)c(O)n(CC(C)C)c2c1C=CC(=O)N(C)CC(C)(C)O. The number of aromatic hydroxyl groups is 1. The fourth-order valence-corrected chi connectivity index (χ4v) is 3.72. The normalized spacial score (nSPS) is 14.4. The van der Waals surface area contributed by atoms with Crippen molar-refractivity contribution in [1.29, 1.82) is 0 Å². The molecule has 0 unspecified atom stereocenters. The van der Waals surface area contributed by atoms with E-state index in [1.165, 1.54) is 15.5 Å². The maximum Gasteiger partial charge on any atom is 0.291 e. The maximum absolute atomic E-state index is 13.1. The van der Waals surface area contributed by atoms with Gasteiger partial charge in [0.2, 0.25) is 11.8 Å². The molecular weight excluding hydrogens is 426 g/mol. The number of amides is 2. The van der Waals surface area contributed by atoms with Crippen molar-refractivity contribution in [2.75, 3.05) is 13.6 Å². The van der Waals surface area contributed by atoms with Gasteiger partial charge in [0.1, 0.15) is 5.65 Å². The van der Waals surface area contributed by atoms with Crippen LogP contribution in [0.2, 0.25) is 0 Å². The number of hydrogen-bond acceptors (Lipinski definition) is 6. The van der Waals surface area contributed by atoms with Gasteiger partial charge in [0.05, 0.1) is 11.3 Å². The molecule has 1 aliphatic carbocycles. The Hall–Kier alpha value is -3.14. The molecule has 0 radical (unpaired) electrons. The Morgan fingerprint density at radius 3 is 2.52 bits per heavy atom. The third kappa shape index (κ3) is 5.44. The van der Waals surface area contributed by atoms with Crippen LogP contribution in [0.1, 0.15) is 62.2 Å². The molecule has 1 fully saturated rings. The standard InChI is InChI=1S/C23H33N5O5/c1-13(2)11-27-20-16(9-10-17(29)26(6)12-23(4,5)33)14(3)25-28(20)22(32)18(21(27)31)19(30)24-15-7-8-15/h9-10,13,15,31,33H,7-8,11-12H2,1-6H3,(H,24,30). The van der Waals surface area contributed by atoms with Crippen molar-refractivity contribution >= 4 is 23.5 Å². The number of fused-ring (bicyclic) bond motifs is 1. The molecule has 0 spiro atoms. The van der Waals surface area contributed by atoms with E-state index < -0.39 is 22.9 Å². The first-order valence-corrected chi connectivity index (χ1v) is 11.1. The van der Waals surface area contributed by atoms with Gasteiger partial charge in [0.25, 0.3) is 11.5 Å². The number of nitrogens with one attached hydrogen (secondary N) is 1. The topological polar surface area (TPSA) is 129 Å². The number of nitrogens with zero attached hydrogens (tertiary/aromatic N) is 4. The molecule has 10 heteroatoms. The van der Waals surface area contributed by atoms with E-state index in [1.807, 2.05) is 13.8 Å². The van der Waals surface area contributed by atoms with E-state index in [4.69, 9.17) is 0 Å². The minimum absolute atomic E-state index is 0.0234. The first-order valence-electron chi connectivity index (χ1n) is 11.1. The van der Waals surface area contributed by atoms with Gasteiger partial charge in [0.15, 0.2) is 5.56 Å². The third-order valence-corrected chi connectivity index (χ3v) is 5.30. The number of hydrogen-bond donors (Lipinski definition) is 3. The molecule has 10 nitrogen and oxygen atoms in total. The molecule has 0 atom stereocenters. The van der Waals surface area contributed by atoms with Crippen LogP contribution in [-0.4, -0.2) is 66.3 Å². The fraction of sp³-hybridized carbons (Fsp3) is 0.565. The number of likely N-dealkylation sites (N-methyl/N-ethyl adjacent to an activating group) is 1. The Bertz CT molecular complexity index is 1160. The largest absolute Gasteiger partial charge is 0.494 e. The number of rotatable bonds is 8. The second-order valence-electron chi connectivity index (χ2n) is 9.83. The molecule has 0 bridgehead atoms. The van der Waals surface area contributed by atoms with Crippen LogP contribution in [-0.2, 0) is 11.3 Å². The van der Waals surface area contributed by atoms with Crippen LogP contribution in [0.3, 0.4) is 0 Å². The summed E-state index contributed by atoms with van der Waals surface area (Å²) in [5, 5.41) is 28.0. The van der Waals surface area contributed by atoms with E-state index in [0.29, 0.717) is 23.4 Å². The van der Waals surface area contributed by atoms with Gasteiger partial charge in [-0.25, -0.2) is 0 Å². The molecule has 2 aromatic rings. The minimum atomic E-state index is -1.04. The molecule has 33 heavy (non-hydrogen) atoms. The van der Waals surface area contributed by atoms with Crippen molar-refractivity contribution in [2.24, 2.45) is 5.92 Å². The lowest BCUT2D eigenvalue weighted by Crippen LogP contribution is -2.38. The number of carbonyl (C=O) groups is 2. The summed E-state index contributed by atoms with van der Waals surface area (Å²) in [5.74, 6) is -1.28. The monoisotopic (exact) mass is 459 g/mol. The number of aromatic nitrogens is 3.